The van der Waals surface area contributed by atoms with Crippen molar-refractivity contribution in [3.63, 3.8) is 0 Å². The number of carbonyl (C=O) groups is 2. The second-order valence-electron chi connectivity index (χ2n) is 15.7. The fraction of sp³-hybridized carbons (Fsp3) is 0.609. The van der Waals surface area contributed by atoms with E-state index >= 15 is 8.78 Å². The van der Waals surface area contributed by atoms with Gasteiger partial charge in [-0.25, -0.2) is 18.4 Å². The van der Waals surface area contributed by atoms with E-state index in [1.165, 1.54) is 51.4 Å². The molecule has 5 nitrogen and oxygen atoms in total. The lowest BCUT2D eigenvalue weighted by Crippen LogP contribution is -2.25. The number of benzene rings is 2. The third-order valence-corrected chi connectivity index (χ3v) is 12.2. The van der Waals surface area contributed by atoms with E-state index in [-0.39, 0.29) is 30.6 Å². The molecular weight excluding hydrogens is 670 g/mol. The van der Waals surface area contributed by atoms with Gasteiger partial charge >= 0.3 is 11.9 Å². The summed E-state index contributed by atoms with van der Waals surface area (Å²) in [6.07, 6.45) is 19.1. The van der Waals surface area contributed by atoms with Crippen LogP contribution in [0.2, 0.25) is 0 Å². The van der Waals surface area contributed by atoms with Crippen molar-refractivity contribution in [2.24, 2.45) is 23.7 Å². The number of esters is 2. The molecule has 2 saturated carbocycles. The summed E-state index contributed by atoms with van der Waals surface area (Å²) in [5.41, 5.74) is 3.01. The Morgan fingerprint density at radius 3 is 1.94 bits per heavy atom. The molecule has 1 atom stereocenters. The number of aliphatic hydroxyl groups excluding tert-OH is 1. The zero-order chi connectivity index (χ0) is 38.2. The van der Waals surface area contributed by atoms with Gasteiger partial charge in [-0.3, -0.25) is 0 Å². The fourth-order valence-corrected chi connectivity index (χ4v) is 8.56. The van der Waals surface area contributed by atoms with Gasteiger partial charge in [-0.05, 0) is 123 Å². The molecule has 2 aliphatic carbocycles. The molecule has 7 heteroatoms. The van der Waals surface area contributed by atoms with Gasteiger partial charge < -0.3 is 14.6 Å². The molecule has 0 radical (unpaired) electrons. The van der Waals surface area contributed by atoms with Crippen LogP contribution in [-0.2, 0) is 25.5 Å². The standard InChI is InChI=1S/C46H64F2O5/c1-5-7-8-10-34-13-17-37(18-14-34)38-21-23-40(24-22-38)42-26-25-41(43(47)44(42)48)39-19-15-35(16-20-39)11-9-12-36(27-29-52-45(50)32(3)6-2)28-30-53-46(51)33(4)31-49/h15-16,19-20,25-26,34,36-38,40,49H,3-14,17-18,21-24,27-31H2,1-2H3. The van der Waals surface area contributed by atoms with Crippen molar-refractivity contribution in [3.8, 4) is 11.1 Å². The molecule has 1 unspecified atom stereocenters. The summed E-state index contributed by atoms with van der Waals surface area (Å²) in [6.45, 7) is 11.3. The minimum Gasteiger partial charge on any atom is -0.462 e. The number of hydrogen-bond acceptors (Lipinski definition) is 5. The first-order valence-electron chi connectivity index (χ1n) is 20.5. The first-order valence-corrected chi connectivity index (χ1v) is 20.5. The van der Waals surface area contributed by atoms with Crippen molar-refractivity contribution < 1.29 is 33.0 Å². The molecule has 4 rings (SSSR count). The van der Waals surface area contributed by atoms with E-state index in [0.717, 1.165) is 68.3 Å². The lowest BCUT2D eigenvalue weighted by molar-refractivity contribution is -0.139. The third-order valence-electron chi connectivity index (χ3n) is 12.2. The van der Waals surface area contributed by atoms with Gasteiger partial charge in [0.05, 0.1) is 25.4 Å². The molecule has 2 aromatic rings. The smallest absolute Gasteiger partial charge is 0.335 e. The van der Waals surface area contributed by atoms with Gasteiger partial charge in [0.2, 0.25) is 0 Å². The molecule has 0 saturated heterocycles. The Kier molecular flexibility index (Phi) is 17.7. The molecule has 2 aliphatic rings. The Morgan fingerprint density at radius 1 is 0.755 bits per heavy atom. The Balaban J connectivity index is 1.26. The maximum Gasteiger partial charge on any atom is 0.335 e. The molecule has 53 heavy (non-hydrogen) atoms. The summed E-state index contributed by atoms with van der Waals surface area (Å²) < 4.78 is 41.8. The van der Waals surface area contributed by atoms with Gasteiger partial charge in [0.1, 0.15) is 0 Å². The monoisotopic (exact) mass is 734 g/mol. The number of rotatable bonds is 21. The first-order chi connectivity index (χ1) is 25.6. The van der Waals surface area contributed by atoms with Crippen LogP contribution in [0.15, 0.2) is 60.7 Å². The molecule has 0 heterocycles. The normalized spacial score (nSPS) is 20.8. The Morgan fingerprint density at radius 2 is 1.36 bits per heavy atom. The van der Waals surface area contributed by atoms with Gasteiger partial charge in [-0.1, -0.05) is 102 Å². The Labute approximate surface area is 317 Å². The largest absolute Gasteiger partial charge is 0.462 e. The number of aryl methyl sites for hydroxylation is 1. The maximum atomic E-state index is 15.6. The highest BCUT2D eigenvalue weighted by atomic mass is 19.2. The Bertz CT molecular complexity index is 1430. The molecule has 292 valence electrons. The number of carbonyl (C=O) groups excluding carboxylic acids is 2. The average Bonchev–Trinajstić information content (AvgIpc) is 3.18. The van der Waals surface area contributed by atoms with Crippen molar-refractivity contribution >= 4 is 11.9 Å². The summed E-state index contributed by atoms with van der Waals surface area (Å²) >= 11 is 0. The number of ether oxygens (including phenoxy) is 2. The second-order valence-corrected chi connectivity index (χ2v) is 15.7. The van der Waals surface area contributed by atoms with Gasteiger partial charge in [-0.15, -0.1) is 0 Å². The number of halogens is 2. The summed E-state index contributed by atoms with van der Waals surface area (Å²) in [4.78, 5) is 24.0. The van der Waals surface area contributed by atoms with Crippen LogP contribution in [0.4, 0.5) is 8.78 Å². The van der Waals surface area contributed by atoms with E-state index in [4.69, 9.17) is 14.6 Å². The number of hydrogen-bond donors (Lipinski definition) is 1. The molecule has 1 N–H and O–H groups in total. The first kappa shape index (κ1) is 42.4. The molecule has 0 bridgehead atoms. The molecule has 0 amide bonds. The fourth-order valence-electron chi connectivity index (χ4n) is 8.56. The van der Waals surface area contributed by atoms with Gasteiger partial charge in [0.15, 0.2) is 11.6 Å². The predicted octanol–water partition coefficient (Wildman–Crippen LogP) is 11.6. The van der Waals surface area contributed by atoms with Crippen LogP contribution in [-0.4, -0.2) is 36.9 Å². The van der Waals surface area contributed by atoms with Crippen molar-refractivity contribution in [2.75, 3.05) is 19.8 Å². The summed E-state index contributed by atoms with van der Waals surface area (Å²) in [6, 6.07) is 11.2. The van der Waals surface area contributed by atoms with Crippen molar-refractivity contribution in [3.05, 3.63) is 83.5 Å². The topological polar surface area (TPSA) is 72.8 Å². The molecule has 2 aromatic carbocycles. The quantitative estimate of drug-likeness (QED) is 0.0785. The van der Waals surface area contributed by atoms with Crippen molar-refractivity contribution in [1.29, 1.82) is 0 Å². The van der Waals surface area contributed by atoms with E-state index in [0.29, 0.717) is 41.5 Å². The summed E-state index contributed by atoms with van der Waals surface area (Å²) in [5, 5.41) is 9.12. The molecular formula is C46H64F2O5. The van der Waals surface area contributed by atoms with E-state index in [9.17, 15) is 9.59 Å². The van der Waals surface area contributed by atoms with E-state index in [2.05, 4.69) is 20.1 Å². The lowest BCUT2D eigenvalue weighted by atomic mass is 9.68. The van der Waals surface area contributed by atoms with Crippen LogP contribution < -0.4 is 0 Å². The average molecular weight is 735 g/mol. The lowest BCUT2D eigenvalue weighted by Gasteiger charge is -2.38. The van der Waals surface area contributed by atoms with Crippen molar-refractivity contribution in [1.82, 2.24) is 0 Å². The van der Waals surface area contributed by atoms with Gasteiger partial charge in [0.25, 0.3) is 0 Å². The van der Waals surface area contributed by atoms with Crippen LogP contribution >= 0.6 is 0 Å². The highest BCUT2D eigenvalue weighted by Gasteiger charge is 2.32. The van der Waals surface area contributed by atoms with Gasteiger partial charge in [0, 0.05) is 11.1 Å². The van der Waals surface area contributed by atoms with E-state index in [1.54, 1.807) is 6.07 Å². The minimum atomic E-state index is -0.756. The predicted molar refractivity (Wildman–Crippen MR) is 209 cm³/mol. The molecule has 2 fully saturated rings. The van der Waals surface area contributed by atoms with Crippen LogP contribution in [0, 0.1) is 35.3 Å². The maximum absolute atomic E-state index is 15.6. The Hall–Kier alpha value is -3.32. The van der Waals surface area contributed by atoms with Crippen molar-refractivity contribution in [2.45, 2.75) is 135 Å². The van der Waals surface area contributed by atoms with E-state index < -0.39 is 30.2 Å². The SMILES string of the molecule is C=C(CC)C(=O)OCCC(CCCc1ccc(-c2ccc(C3CCC(C4CCC(CCCCC)CC4)CC3)c(F)c2F)cc1)CCOC(=O)C(=C)CO. The zero-order valence-corrected chi connectivity index (χ0v) is 32.5. The third kappa shape index (κ3) is 12.9. The van der Waals surface area contributed by atoms with Gasteiger partial charge in [-0.2, -0.15) is 0 Å². The highest BCUT2D eigenvalue weighted by molar-refractivity contribution is 5.88. The minimum absolute atomic E-state index is 0.00776. The number of aliphatic hydroxyl groups is 1. The highest BCUT2D eigenvalue weighted by Crippen LogP contribution is 2.45. The summed E-state index contributed by atoms with van der Waals surface area (Å²) in [7, 11) is 0. The van der Waals surface area contributed by atoms with Crippen LogP contribution in [0.5, 0.6) is 0 Å². The van der Waals surface area contributed by atoms with Crippen LogP contribution in [0.25, 0.3) is 11.1 Å². The molecule has 0 spiro atoms. The van der Waals surface area contributed by atoms with Crippen LogP contribution in [0.3, 0.4) is 0 Å². The second kappa shape index (κ2) is 22.2. The van der Waals surface area contributed by atoms with E-state index in [1.807, 2.05) is 37.3 Å². The molecule has 0 aromatic heterocycles. The molecule has 0 aliphatic heterocycles. The number of unbranched alkanes of at least 4 members (excludes halogenated alkanes) is 2. The summed E-state index contributed by atoms with van der Waals surface area (Å²) in [5.74, 6) is 0.218. The van der Waals surface area contributed by atoms with Crippen LogP contribution in [0.1, 0.15) is 140 Å². The zero-order valence-electron chi connectivity index (χ0n) is 32.5.